The summed E-state index contributed by atoms with van der Waals surface area (Å²) in [6, 6.07) is 0. The Bertz CT molecular complexity index is 300. The fourth-order valence-corrected chi connectivity index (χ4v) is 2.88. The predicted molar refractivity (Wildman–Crippen MR) is 89.2 cm³/mol. The minimum atomic E-state index is -4.77. The number of alkyl halides is 3. The minimum absolute atomic E-state index is 0.157. The molecule has 0 radical (unpaired) electrons. The highest BCUT2D eigenvalue weighted by atomic mass is 19.4. The van der Waals surface area contributed by atoms with Crippen LogP contribution in [0.4, 0.5) is 13.2 Å². The average Bonchev–Trinajstić information content (AvgIpc) is 2.51. The molecule has 0 saturated heterocycles. The average molecular weight is 337 g/mol. The molecule has 2 atom stereocenters. The highest BCUT2D eigenvalue weighted by Gasteiger charge is 2.43. The van der Waals surface area contributed by atoms with E-state index in [-0.39, 0.29) is 24.9 Å². The fraction of sp³-hybridized carbons (Fsp3) is 0.944. The first-order chi connectivity index (χ1) is 10.8. The minimum Gasteiger partial charge on any atom is -0.334 e. The van der Waals surface area contributed by atoms with Crippen molar-refractivity contribution in [1.29, 1.82) is 0 Å². The quantitative estimate of drug-likeness (QED) is 0.440. The van der Waals surface area contributed by atoms with E-state index in [2.05, 4.69) is 13.8 Å². The monoisotopic (exact) mass is 337 g/mol. The van der Waals surface area contributed by atoms with Gasteiger partial charge in [-0.25, -0.2) is 0 Å². The lowest BCUT2D eigenvalue weighted by Gasteiger charge is -2.31. The Kier molecular flexibility index (Phi) is 11.4. The molecule has 0 aliphatic rings. The van der Waals surface area contributed by atoms with Crippen LogP contribution in [0.15, 0.2) is 0 Å². The van der Waals surface area contributed by atoms with Crippen LogP contribution in [-0.2, 0) is 4.79 Å². The van der Waals surface area contributed by atoms with Gasteiger partial charge in [-0.05, 0) is 24.7 Å². The maximum absolute atomic E-state index is 12.9. The van der Waals surface area contributed by atoms with Gasteiger partial charge >= 0.3 is 12.1 Å². The summed E-state index contributed by atoms with van der Waals surface area (Å²) in [5, 5.41) is 0. The third kappa shape index (κ3) is 9.21. The summed E-state index contributed by atoms with van der Waals surface area (Å²) in [6.45, 7) is 8.59. The summed E-state index contributed by atoms with van der Waals surface area (Å²) < 4.78 is 38.8. The van der Waals surface area contributed by atoms with E-state index >= 15 is 0 Å². The zero-order chi connectivity index (χ0) is 17.9. The number of unbranched alkanes of at least 4 members (excludes halogenated alkanes) is 2. The van der Waals surface area contributed by atoms with Crippen molar-refractivity contribution >= 4 is 5.91 Å². The molecular weight excluding hydrogens is 303 g/mol. The normalized spacial score (nSPS) is 14.6. The molecule has 2 unspecified atom stereocenters. The van der Waals surface area contributed by atoms with E-state index in [0.717, 1.165) is 56.3 Å². The molecule has 0 aromatic rings. The van der Waals surface area contributed by atoms with E-state index in [9.17, 15) is 18.0 Å². The summed E-state index contributed by atoms with van der Waals surface area (Å²) in [6.07, 6.45) is 2.68. The van der Waals surface area contributed by atoms with Crippen molar-refractivity contribution in [2.75, 3.05) is 13.1 Å². The summed E-state index contributed by atoms with van der Waals surface area (Å²) in [5.41, 5.74) is 0. The SMILES string of the molecule is CCCCC(CC)CN(CC(CC)CCCC)C(=O)C(F)(F)F. The van der Waals surface area contributed by atoms with E-state index in [1.807, 2.05) is 13.8 Å². The molecular formula is C18H34F3NO. The van der Waals surface area contributed by atoms with Gasteiger partial charge in [0.1, 0.15) is 0 Å². The van der Waals surface area contributed by atoms with E-state index in [1.165, 1.54) is 0 Å². The van der Waals surface area contributed by atoms with Crippen LogP contribution in [-0.4, -0.2) is 30.1 Å². The molecule has 1 amide bonds. The first-order valence-corrected chi connectivity index (χ1v) is 9.16. The first-order valence-electron chi connectivity index (χ1n) is 9.16. The topological polar surface area (TPSA) is 20.3 Å². The zero-order valence-electron chi connectivity index (χ0n) is 15.2. The molecule has 0 aromatic heterocycles. The number of hydrogen-bond donors (Lipinski definition) is 0. The Hall–Kier alpha value is -0.740. The Labute approximate surface area is 139 Å². The van der Waals surface area contributed by atoms with Gasteiger partial charge in [0.2, 0.25) is 0 Å². The molecule has 0 rings (SSSR count). The van der Waals surface area contributed by atoms with Crippen molar-refractivity contribution in [3.05, 3.63) is 0 Å². The van der Waals surface area contributed by atoms with Crippen LogP contribution < -0.4 is 0 Å². The number of nitrogens with zero attached hydrogens (tertiary/aromatic N) is 1. The third-order valence-electron chi connectivity index (χ3n) is 4.57. The molecule has 5 heteroatoms. The molecule has 138 valence electrons. The zero-order valence-corrected chi connectivity index (χ0v) is 15.2. The molecule has 0 heterocycles. The van der Waals surface area contributed by atoms with Gasteiger partial charge in [0.25, 0.3) is 0 Å². The standard InChI is InChI=1S/C18H34F3NO/c1-5-9-11-15(7-3)13-22(17(23)18(19,20)21)14-16(8-4)12-10-6-2/h15-16H,5-14H2,1-4H3. The molecule has 0 N–H and O–H groups in total. The molecule has 0 aliphatic carbocycles. The summed E-state index contributed by atoms with van der Waals surface area (Å²) in [4.78, 5) is 12.9. The van der Waals surface area contributed by atoms with Gasteiger partial charge in [0.15, 0.2) is 0 Å². The lowest BCUT2D eigenvalue weighted by molar-refractivity contribution is -0.186. The van der Waals surface area contributed by atoms with Gasteiger partial charge in [-0.2, -0.15) is 13.2 Å². The molecule has 0 aromatic carbocycles. The predicted octanol–water partition coefficient (Wildman–Crippen LogP) is 5.81. The number of carbonyl (C=O) groups is 1. The van der Waals surface area contributed by atoms with Gasteiger partial charge in [0.05, 0.1) is 0 Å². The number of hydrogen-bond acceptors (Lipinski definition) is 1. The van der Waals surface area contributed by atoms with Crippen molar-refractivity contribution in [2.45, 2.75) is 85.2 Å². The number of halogens is 3. The number of carbonyl (C=O) groups excluding carboxylic acids is 1. The van der Waals surface area contributed by atoms with Crippen LogP contribution in [0.2, 0.25) is 0 Å². The van der Waals surface area contributed by atoms with E-state index in [1.54, 1.807) is 0 Å². The maximum atomic E-state index is 12.9. The van der Waals surface area contributed by atoms with Gasteiger partial charge in [-0.15, -0.1) is 0 Å². The second-order valence-corrected chi connectivity index (χ2v) is 6.54. The molecule has 2 nitrogen and oxygen atoms in total. The second kappa shape index (κ2) is 11.7. The highest BCUT2D eigenvalue weighted by Crippen LogP contribution is 2.24. The lowest BCUT2D eigenvalue weighted by Crippen LogP contribution is -2.45. The molecule has 0 saturated carbocycles. The third-order valence-corrected chi connectivity index (χ3v) is 4.57. The van der Waals surface area contributed by atoms with Gasteiger partial charge in [-0.1, -0.05) is 66.2 Å². The number of amides is 1. The van der Waals surface area contributed by atoms with Crippen LogP contribution in [0.1, 0.15) is 79.1 Å². The molecule has 0 spiro atoms. The van der Waals surface area contributed by atoms with Crippen LogP contribution in [0.5, 0.6) is 0 Å². The number of rotatable bonds is 12. The second-order valence-electron chi connectivity index (χ2n) is 6.54. The van der Waals surface area contributed by atoms with Gasteiger partial charge in [0, 0.05) is 13.1 Å². The Morgan fingerprint density at radius 1 is 0.870 bits per heavy atom. The highest BCUT2D eigenvalue weighted by molar-refractivity contribution is 5.81. The maximum Gasteiger partial charge on any atom is 0.471 e. The van der Waals surface area contributed by atoms with Crippen LogP contribution >= 0.6 is 0 Å². The molecule has 0 bridgehead atoms. The van der Waals surface area contributed by atoms with E-state index in [4.69, 9.17) is 0 Å². The van der Waals surface area contributed by atoms with Gasteiger partial charge in [-0.3, -0.25) is 4.79 Å². The van der Waals surface area contributed by atoms with E-state index in [0.29, 0.717) is 0 Å². The van der Waals surface area contributed by atoms with Crippen LogP contribution in [0, 0.1) is 11.8 Å². The Balaban J connectivity index is 4.95. The van der Waals surface area contributed by atoms with E-state index < -0.39 is 12.1 Å². The lowest BCUT2D eigenvalue weighted by atomic mass is 9.95. The van der Waals surface area contributed by atoms with Crippen molar-refractivity contribution in [3.63, 3.8) is 0 Å². The molecule has 23 heavy (non-hydrogen) atoms. The largest absolute Gasteiger partial charge is 0.471 e. The van der Waals surface area contributed by atoms with Crippen molar-refractivity contribution in [1.82, 2.24) is 4.90 Å². The van der Waals surface area contributed by atoms with Crippen molar-refractivity contribution < 1.29 is 18.0 Å². The summed E-state index contributed by atoms with van der Waals surface area (Å²) in [5.74, 6) is -1.35. The van der Waals surface area contributed by atoms with Gasteiger partial charge < -0.3 is 4.90 Å². The molecule has 0 aliphatic heterocycles. The Morgan fingerprint density at radius 2 is 1.26 bits per heavy atom. The summed E-state index contributed by atoms with van der Waals surface area (Å²) in [7, 11) is 0. The smallest absolute Gasteiger partial charge is 0.334 e. The van der Waals surface area contributed by atoms with Crippen LogP contribution in [0.3, 0.4) is 0 Å². The van der Waals surface area contributed by atoms with Crippen molar-refractivity contribution in [3.8, 4) is 0 Å². The fourth-order valence-electron chi connectivity index (χ4n) is 2.88. The molecule has 0 fully saturated rings. The first kappa shape index (κ1) is 22.3. The van der Waals surface area contributed by atoms with Crippen molar-refractivity contribution in [2.24, 2.45) is 11.8 Å². The van der Waals surface area contributed by atoms with Crippen LogP contribution in [0.25, 0.3) is 0 Å². The Morgan fingerprint density at radius 3 is 1.52 bits per heavy atom. The summed E-state index contributed by atoms with van der Waals surface area (Å²) >= 11 is 0.